The lowest BCUT2D eigenvalue weighted by Gasteiger charge is -2.39. The second-order valence-electron chi connectivity index (χ2n) is 8.72. The van der Waals surface area contributed by atoms with Crippen molar-refractivity contribution in [2.24, 2.45) is 5.92 Å². The van der Waals surface area contributed by atoms with Gasteiger partial charge in [0.25, 0.3) is 0 Å². The molecule has 0 aromatic heterocycles. The van der Waals surface area contributed by atoms with Crippen LogP contribution in [0.4, 0.5) is 0 Å². The molecule has 2 saturated heterocycles. The summed E-state index contributed by atoms with van der Waals surface area (Å²) < 4.78 is 17.5. The van der Waals surface area contributed by atoms with Crippen LogP contribution in [0.1, 0.15) is 50.7 Å². The number of carbonyl (C=O) groups excluding carboxylic acids is 1. The van der Waals surface area contributed by atoms with Gasteiger partial charge in [0.1, 0.15) is 11.5 Å². The van der Waals surface area contributed by atoms with Crippen molar-refractivity contribution in [1.29, 1.82) is 0 Å². The number of hydrogen-bond donors (Lipinski definition) is 1. The van der Waals surface area contributed by atoms with Gasteiger partial charge in [0.15, 0.2) is 0 Å². The molecule has 2 aliphatic heterocycles. The van der Waals surface area contributed by atoms with Crippen LogP contribution < -0.4 is 14.8 Å². The Hall–Kier alpha value is -1.79. The molecule has 1 aromatic rings. The van der Waals surface area contributed by atoms with Gasteiger partial charge >= 0.3 is 0 Å². The number of likely N-dealkylation sites (tertiary alicyclic amines) is 1. The third-order valence-electron chi connectivity index (χ3n) is 6.39. The molecule has 0 saturated carbocycles. The maximum atomic E-state index is 11.8. The van der Waals surface area contributed by atoms with Crippen molar-refractivity contribution in [3.63, 3.8) is 0 Å². The molecule has 6 heteroatoms. The second-order valence-corrected chi connectivity index (χ2v) is 8.72. The first kappa shape index (κ1) is 21.9. The fourth-order valence-corrected chi connectivity index (χ4v) is 4.54. The maximum Gasteiger partial charge on any atom is 0.222 e. The number of carbonyl (C=O) groups is 1. The van der Waals surface area contributed by atoms with Crippen molar-refractivity contribution >= 4 is 5.91 Å². The van der Waals surface area contributed by atoms with Gasteiger partial charge in [0.2, 0.25) is 5.91 Å². The average Bonchev–Trinajstić information content (AvgIpc) is 3.11. The van der Waals surface area contributed by atoms with Crippen LogP contribution in [-0.4, -0.2) is 56.4 Å². The largest absolute Gasteiger partial charge is 0.496 e. The number of hydrogen-bond acceptors (Lipinski definition) is 5. The molecule has 0 aliphatic carbocycles. The van der Waals surface area contributed by atoms with Gasteiger partial charge in [-0.3, -0.25) is 9.69 Å². The van der Waals surface area contributed by atoms with E-state index in [9.17, 15) is 4.79 Å². The van der Waals surface area contributed by atoms with E-state index in [4.69, 9.17) is 14.2 Å². The van der Waals surface area contributed by atoms with Crippen molar-refractivity contribution in [3.8, 4) is 11.5 Å². The normalized spacial score (nSPS) is 21.5. The lowest BCUT2D eigenvalue weighted by molar-refractivity contribution is -0.125. The number of amides is 1. The van der Waals surface area contributed by atoms with Crippen LogP contribution in [0.3, 0.4) is 0 Å². The molecule has 1 N–H and O–H groups in total. The summed E-state index contributed by atoms with van der Waals surface area (Å²) in [6, 6.07) is 4.13. The van der Waals surface area contributed by atoms with Crippen LogP contribution in [0, 0.1) is 12.8 Å². The fraction of sp³-hybridized carbons (Fsp3) is 0.696. The summed E-state index contributed by atoms with van der Waals surface area (Å²) in [6.07, 6.45) is 4.35. The van der Waals surface area contributed by atoms with Crippen molar-refractivity contribution in [3.05, 3.63) is 23.3 Å². The van der Waals surface area contributed by atoms with Gasteiger partial charge in [-0.05, 0) is 38.7 Å². The molecule has 3 rings (SSSR count). The van der Waals surface area contributed by atoms with Crippen molar-refractivity contribution in [1.82, 2.24) is 10.2 Å². The molecule has 1 spiro atoms. The Kier molecular flexibility index (Phi) is 7.06. The van der Waals surface area contributed by atoms with E-state index in [-0.39, 0.29) is 23.5 Å². The van der Waals surface area contributed by atoms with E-state index in [1.54, 1.807) is 14.2 Å². The van der Waals surface area contributed by atoms with Gasteiger partial charge in [0, 0.05) is 43.2 Å². The predicted molar refractivity (Wildman–Crippen MR) is 113 cm³/mol. The molecule has 6 nitrogen and oxygen atoms in total. The van der Waals surface area contributed by atoms with Gasteiger partial charge in [-0.15, -0.1) is 0 Å². The quantitative estimate of drug-likeness (QED) is 0.756. The maximum absolute atomic E-state index is 11.8. The third-order valence-corrected chi connectivity index (χ3v) is 6.39. The van der Waals surface area contributed by atoms with Crippen molar-refractivity contribution < 1.29 is 19.0 Å². The van der Waals surface area contributed by atoms with Crippen molar-refractivity contribution in [2.45, 2.75) is 64.7 Å². The molecular weight excluding hydrogens is 368 g/mol. The van der Waals surface area contributed by atoms with Crippen LogP contribution in [0.15, 0.2) is 12.1 Å². The Balaban J connectivity index is 1.52. The molecule has 0 bridgehead atoms. The zero-order valence-electron chi connectivity index (χ0n) is 18.5. The summed E-state index contributed by atoms with van der Waals surface area (Å²) in [5.74, 6) is 1.90. The molecular formula is C23H36N2O4. The van der Waals surface area contributed by atoms with Gasteiger partial charge in [0.05, 0.1) is 25.9 Å². The predicted octanol–water partition coefficient (Wildman–Crippen LogP) is 3.30. The van der Waals surface area contributed by atoms with Gasteiger partial charge in [-0.25, -0.2) is 0 Å². The van der Waals surface area contributed by atoms with Crippen LogP contribution in [0.5, 0.6) is 11.5 Å². The number of methoxy groups -OCH3 is 2. The summed E-state index contributed by atoms with van der Waals surface area (Å²) in [5, 5.41) is 3.02. The lowest BCUT2D eigenvalue weighted by Crippen LogP contribution is -2.45. The summed E-state index contributed by atoms with van der Waals surface area (Å²) in [7, 11) is 3.41. The molecule has 2 aliphatic rings. The first-order valence-electron chi connectivity index (χ1n) is 10.8. The Morgan fingerprint density at radius 1 is 1.24 bits per heavy atom. The number of ether oxygens (including phenoxy) is 3. The highest BCUT2D eigenvalue weighted by Crippen LogP contribution is 2.40. The van der Waals surface area contributed by atoms with Crippen LogP contribution in [0.25, 0.3) is 0 Å². The highest BCUT2D eigenvalue weighted by molar-refractivity contribution is 5.77. The number of benzene rings is 1. The second kappa shape index (κ2) is 9.35. The minimum atomic E-state index is -0.0103. The van der Waals surface area contributed by atoms with E-state index in [1.165, 1.54) is 5.56 Å². The van der Waals surface area contributed by atoms with E-state index < -0.39 is 0 Å². The summed E-state index contributed by atoms with van der Waals surface area (Å²) in [5.41, 5.74) is 2.23. The first-order valence-corrected chi connectivity index (χ1v) is 10.8. The van der Waals surface area contributed by atoms with Gasteiger partial charge in [-0.1, -0.05) is 19.9 Å². The molecule has 1 atom stereocenters. The average molecular weight is 405 g/mol. The van der Waals surface area contributed by atoms with E-state index in [0.717, 1.165) is 62.4 Å². The third kappa shape index (κ3) is 5.04. The number of piperidine rings is 1. The molecule has 2 fully saturated rings. The van der Waals surface area contributed by atoms with E-state index in [2.05, 4.69) is 16.3 Å². The zero-order chi connectivity index (χ0) is 21.0. The lowest BCUT2D eigenvalue weighted by atomic mass is 9.88. The minimum absolute atomic E-state index is 0.0103. The standard InChI is InChI=1S/C23H36N2O4/c1-16(2)22(26)24-14-19-8-9-23(29-19)10-12-25(13-11-23)15-18-6-7-20(27-4)17(3)21(18)28-5/h6-7,16,19H,8-15H2,1-5H3,(H,24,26)/t19-/m1/s1. The summed E-state index contributed by atoms with van der Waals surface area (Å²) >= 11 is 0. The first-order chi connectivity index (χ1) is 13.9. The number of nitrogens with one attached hydrogen (secondary N) is 1. The topological polar surface area (TPSA) is 60.0 Å². The van der Waals surface area contributed by atoms with E-state index >= 15 is 0 Å². The SMILES string of the molecule is COc1ccc(CN2CCC3(CC[C@H](CNC(=O)C(C)C)O3)CC2)c(OC)c1C. The van der Waals surface area contributed by atoms with Crippen LogP contribution in [0.2, 0.25) is 0 Å². The van der Waals surface area contributed by atoms with Gasteiger partial charge < -0.3 is 19.5 Å². The Morgan fingerprint density at radius 2 is 1.97 bits per heavy atom. The highest BCUT2D eigenvalue weighted by Gasteiger charge is 2.42. The number of nitrogens with zero attached hydrogens (tertiary/aromatic N) is 1. The molecule has 1 aromatic carbocycles. The molecule has 1 amide bonds. The van der Waals surface area contributed by atoms with Crippen molar-refractivity contribution in [2.75, 3.05) is 33.9 Å². The molecule has 2 heterocycles. The van der Waals surface area contributed by atoms with E-state index in [1.807, 2.05) is 26.8 Å². The number of rotatable bonds is 7. The Labute approximate surface area is 174 Å². The molecule has 29 heavy (non-hydrogen) atoms. The Morgan fingerprint density at radius 3 is 2.59 bits per heavy atom. The minimum Gasteiger partial charge on any atom is -0.496 e. The smallest absolute Gasteiger partial charge is 0.222 e. The highest BCUT2D eigenvalue weighted by atomic mass is 16.5. The molecule has 162 valence electrons. The molecule has 0 radical (unpaired) electrons. The van der Waals surface area contributed by atoms with Crippen LogP contribution in [-0.2, 0) is 16.1 Å². The van der Waals surface area contributed by atoms with E-state index in [0.29, 0.717) is 6.54 Å². The monoisotopic (exact) mass is 404 g/mol. The van der Waals surface area contributed by atoms with Crippen LogP contribution >= 0.6 is 0 Å². The summed E-state index contributed by atoms with van der Waals surface area (Å²) in [6.45, 7) is 9.40. The van der Waals surface area contributed by atoms with Gasteiger partial charge in [-0.2, -0.15) is 0 Å². The Bertz CT molecular complexity index is 711. The fourth-order valence-electron chi connectivity index (χ4n) is 4.54. The molecule has 0 unspecified atom stereocenters. The summed E-state index contributed by atoms with van der Waals surface area (Å²) in [4.78, 5) is 14.3. The zero-order valence-corrected chi connectivity index (χ0v) is 18.5.